The van der Waals surface area contributed by atoms with Crippen LogP contribution in [0.5, 0.6) is 5.75 Å². The summed E-state index contributed by atoms with van der Waals surface area (Å²) in [7, 11) is 0. The molecule has 0 aliphatic rings. The van der Waals surface area contributed by atoms with Crippen LogP contribution in [0.25, 0.3) is 0 Å². The summed E-state index contributed by atoms with van der Waals surface area (Å²) >= 11 is 0. The number of unbranched alkanes of at least 4 members (excludes halogenated alkanes) is 2. The lowest BCUT2D eigenvalue weighted by Crippen LogP contribution is -2.12. The van der Waals surface area contributed by atoms with E-state index in [4.69, 9.17) is 4.74 Å². The first-order chi connectivity index (χ1) is 8.49. The highest BCUT2D eigenvalue weighted by atomic mass is 16.5. The average molecular weight is 248 g/mol. The summed E-state index contributed by atoms with van der Waals surface area (Å²) in [6.07, 6.45) is 4.95. The molecule has 0 fully saturated rings. The van der Waals surface area contributed by atoms with Gasteiger partial charge in [0.25, 0.3) is 0 Å². The topological polar surface area (TPSA) is 9.23 Å². The van der Waals surface area contributed by atoms with E-state index in [1.54, 1.807) is 0 Å². The fourth-order valence-electron chi connectivity index (χ4n) is 2.10. The molecule has 0 amide bonds. The molecular weight excluding hydrogens is 220 g/mol. The minimum atomic E-state index is 0.213. The van der Waals surface area contributed by atoms with Crippen LogP contribution < -0.4 is 4.74 Å². The third-order valence-electron chi connectivity index (χ3n) is 3.28. The Bertz CT molecular complexity index is 360. The smallest absolute Gasteiger partial charge is 0.122 e. The quantitative estimate of drug-likeness (QED) is 0.635. The maximum Gasteiger partial charge on any atom is 0.122 e. The van der Waals surface area contributed by atoms with Crippen molar-refractivity contribution < 1.29 is 4.74 Å². The second-order valence-corrected chi connectivity index (χ2v) is 5.96. The van der Waals surface area contributed by atoms with Crippen molar-refractivity contribution in [2.45, 2.75) is 65.7 Å². The van der Waals surface area contributed by atoms with Gasteiger partial charge >= 0.3 is 0 Å². The van der Waals surface area contributed by atoms with E-state index in [-0.39, 0.29) is 5.41 Å². The highest BCUT2D eigenvalue weighted by Gasteiger charge is 2.15. The molecule has 0 heterocycles. The van der Waals surface area contributed by atoms with Crippen LogP contribution in [0.3, 0.4) is 0 Å². The maximum absolute atomic E-state index is 5.74. The second-order valence-electron chi connectivity index (χ2n) is 5.96. The Morgan fingerprint density at radius 2 is 1.78 bits per heavy atom. The van der Waals surface area contributed by atoms with Gasteiger partial charge in [0.2, 0.25) is 0 Å². The van der Waals surface area contributed by atoms with E-state index in [1.807, 2.05) is 6.92 Å². The van der Waals surface area contributed by atoms with Crippen LogP contribution in [0.1, 0.15) is 65.0 Å². The van der Waals surface area contributed by atoms with Crippen molar-refractivity contribution in [2.24, 2.45) is 0 Å². The van der Waals surface area contributed by atoms with Gasteiger partial charge in [-0.3, -0.25) is 0 Å². The first-order valence-corrected chi connectivity index (χ1v) is 7.25. The Morgan fingerprint density at radius 3 is 2.33 bits per heavy atom. The molecule has 1 aromatic carbocycles. The fourth-order valence-corrected chi connectivity index (χ4v) is 2.10. The summed E-state index contributed by atoms with van der Waals surface area (Å²) in [5.41, 5.74) is 2.99. The van der Waals surface area contributed by atoms with Gasteiger partial charge in [-0.2, -0.15) is 0 Å². The van der Waals surface area contributed by atoms with Gasteiger partial charge < -0.3 is 4.74 Å². The molecule has 0 unspecified atom stereocenters. The summed E-state index contributed by atoms with van der Waals surface area (Å²) in [4.78, 5) is 0. The van der Waals surface area contributed by atoms with Gasteiger partial charge in [0.15, 0.2) is 0 Å². The lowest BCUT2D eigenvalue weighted by Gasteiger charge is -2.21. The van der Waals surface area contributed by atoms with Crippen LogP contribution in [0.4, 0.5) is 0 Å². The molecule has 0 aliphatic carbocycles. The Hall–Kier alpha value is -0.980. The third-order valence-corrected chi connectivity index (χ3v) is 3.28. The largest absolute Gasteiger partial charge is 0.494 e. The molecule has 0 aromatic heterocycles. The summed E-state index contributed by atoms with van der Waals surface area (Å²) in [6.45, 7) is 11.8. The van der Waals surface area contributed by atoms with Crippen molar-refractivity contribution in [1.29, 1.82) is 0 Å². The van der Waals surface area contributed by atoms with Crippen LogP contribution in [0, 0.1) is 0 Å². The zero-order chi connectivity index (χ0) is 13.6. The molecule has 0 saturated carbocycles. The standard InChI is InChI=1S/C17H28O/c1-6-8-9-10-14-13-15(17(3,4)5)11-12-16(14)18-7-2/h11-13H,6-10H2,1-5H3. The van der Waals surface area contributed by atoms with Gasteiger partial charge in [-0.15, -0.1) is 0 Å². The molecule has 1 heteroatoms. The van der Waals surface area contributed by atoms with Crippen molar-refractivity contribution in [1.82, 2.24) is 0 Å². The molecular formula is C17H28O. The van der Waals surface area contributed by atoms with E-state index in [2.05, 4.69) is 45.9 Å². The number of aryl methyl sites for hydroxylation is 1. The summed E-state index contributed by atoms with van der Waals surface area (Å²) in [5, 5.41) is 0. The first kappa shape index (κ1) is 15.1. The predicted octanol–water partition coefficient (Wildman–Crippen LogP) is 5.12. The highest BCUT2D eigenvalue weighted by Crippen LogP contribution is 2.29. The Labute approximate surface area is 113 Å². The molecule has 1 nitrogen and oxygen atoms in total. The molecule has 1 rings (SSSR count). The van der Waals surface area contributed by atoms with Gasteiger partial charge in [-0.05, 0) is 42.4 Å². The van der Waals surface area contributed by atoms with Gasteiger partial charge in [0.05, 0.1) is 6.61 Å². The third kappa shape index (κ3) is 4.36. The van der Waals surface area contributed by atoms with Gasteiger partial charge in [0.1, 0.15) is 5.75 Å². The number of hydrogen-bond donors (Lipinski definition) is 0. The zero-order valence-corrected chi connectivity index (χ0v) is 12.7. The molecule has 0 saturated heterocycles. The SMILES string of the molecule is CCCCCc1cc(C(C)(C)C)ccc1OCC. The Kier molecular flexibility index (Phi) is 5.71. The van der Waals surface area contributed by atoms with E-state index in [1.165, 1.54) is 30.4 Å². The van der Waals surface area contributed by atoms with E-state index >= 15 is 0 Å². The number of rotatable bonds is 6. The fraction of sp³-hybridized carbons (Fsp3) is 0.647. The first-order valence-electron chi connectivity index (χ1n) is 7.25. The normalized spacial score (nSPS) is 11.6. The molecule has 0 bridgehead atoms. The summed E-state index contributed by atoms with van der Waals surface area (Å²) in [5.74, 6) is 1.07. The number of benzene rings is 1. The molecule has 0 spiro atoms. The van der Waals surface area contributed by atoms with Crippen molar-refractivity contribution in [2.75, 3.05) is 6.61 Å². The minimum Gasteiger partial charge on any atom is -0.494 e. The maximum atomic E-state index is 5.74. The second kappa shape index (κ2) is 6.82. The van der Waals surface area contributed by atoms with Crippen molar-refractivity contribution in [3.63, 3.8) is 0 Å². The lowest BCUT2D eigenvalue weighted by molar-refractivity contribution is 0.335. The monoisotopic (exact) mass is 248 g/mol. The molecule has 0 radical (unpaired) electrons. The van der Waals surface area contributed by atoms with E-state index < -0.39 is 0 Å². The van der Waals surface area contributed by atoms with Gasteiger partial charge in [0, 0.05) is 0 Å². The number of hydrogen-bond acceptors (Lipinski definition) is 1. The van der Waals surface area contributed by atoms with Crippen LogP contribution >= 0.6 is 0 Å². The Morgan fingerprint density at radius 1 is 1.06 bits per heavy atom. The zero-order valence-electron chi connectivity index (χ0n) is 12.7. The van der Waals surface area contributed by atoms with Crippen LogP contribution in [0.2, 0.25) is 0 Å². The molecule has 18 heavy (non-hydrogen) atoms. The predicted molar refractivity (Wildman–Crippen MR) is 79.5 cm³/mol. The van der Waals surface area contributed by atoms with Crippen LogP contribution in [0.15, 0.2) is 18.2 Å². The van der Waals surface area contributed by atoms with Crippen LogP contribution in [-0.2, 0) is 11.8 Å². The average Bonchev–Trinajstić information content (AvgIpc) is 2.30. The summed E-state index contributed by atoms with van der Waals surface area (Å²) in [6, 6.07) is 6.68. The van der Waals surface area contributed by atoms with Crippen molar-refractivity contribution >= 4 is 0 Å². The molecule has 0 aliphatic heterocycles. The van der Waals surface area contributed by atoms with Crippen molar-refractivity contribution in [3.8, 4) is 5.75 Å². The molecule has 0 atom stereocenters. The van der Waals surface area contributed by atoms with Crippen molar-refractivity contribution in [3.05, 3.63) is 29.3 Å². The minimum absolute atomic E-state index is 0.213. The Balaban J connectivity index is 2.92. The van der Waals surface area contributed by atoms with E-state index in [0.717, 1.165) is 18.8 Å². The number of ether oxygens (including phenoxy) is 1. The highest BCUT2D eigenvalue weighted by molar-refractivity contribution is 5.39. The molecule has 0 N–H and O–H groups in total. The molecule has 102 valence electrons. The van der Waals surface area contributed by atoms with E-state index in [9.17, 15) is 0 Å². The van der Waals surface area contributed by atoms with Gasteiger partial charge in [-0.25, -0.2) is 0 Å². The van der Waals surface area contributed by atoms with Gasteiger partial charge in [-0.1, -0.05) is 52.7 Å². The van der Waals surface area contributed by atoms with E-state index in [0.29, 0.717) is 0 Å². The lowest BCUT2D eigenvalue weighted by atomic mass is 9.85. The summed E-state index contributed by atoms with van der Waals surface area (Å²) < 4.78 is 5.74. The van der Waals surface area contributed by atoms with Crippen LogP contribution in [-0.4, -0.2) is 6.61 Å². The molecule has 1 aromatic rings.